The number of carbonyl (C=O) groups excluding carboxylic acids is 1. The van der Waals surface area contributed by atoms with Crippen LogP contribution in [-0.4, -0.2) is 32.5 Å². The number of anilines is 1. The third-order valence-corrected chi connectivity index (χ3v) is 5.22. The van der Waals surface area contributed by atoms with Crippen LogP contribution in [0.1, 0.15) is 24.4 Å². The van der Waals surface area contributed by atoms with Gasteiger partial charge in [-0.1, -0.05) is 11.8 Å². The number of furan rings is 1. The Hall–Kier alpha value is -2.81. The maximum atomic E-state index is 13.1. The van der Waals surface area contributed by atoms with Crippen LogP contribution in [0.25, 0.3) is 0 Å². The average Bonchev–Trinajstić information content (AvgIpc) is 3.20. The second-order valence-corrected chi connectivity index (χ2v) is 7.50. The minimum atomic E-state index is -0.283. The standard InChI is InChI=1S/C19H20FN5O2S/c20-13-3-5-14(6-4-13)21-10-17-23-24-19(25(17)11-16-2-1-9-27-16)28-12-18(26)22-15-7-8-15/h1-6,9,15,21H,7-8,10-12H2,(H,22,26). The molecule has 1 aliphatic rings. The molecule has 1 fully saturated rings. The van der Waals surface area contributed by atoms with Crippen LogP contribution in [0, 0.1) is 5.82 Å². The lowest BCUT2D eigenvalue weighted by Crippen LogP contribution is -2.27. The van der Waals surface area contributed by atoms with Crippen LogP contribution >= 0.6 is 11.8 Å². The molecule has 0 radical (unpaired) electrons. The summed E-state index contributed by atoms with van der Waals surface area (Å²) >= 11 is 1.35. The number of hydrogen-bond acceptors (Lipinski definition) is 6. The molecule has 0 unspecified atom stereocenters. The predicted molar refractivity (Wildman–Crippen MR) is 103 cm³/mol. The number of nitrogens with zero attached hydrogens (tertiary/aromatic N) is 3. The van der Waals surface area contributed by atoms with Gasteiger partial charge in [-0.3, -0.25) is 9.36 Å². The van der Waals surface area contributed by atoms with Gasteiger partial charge in [-0.05, 0) is 49.2 Å². The molecule has 9 heteroatoms. The number of aromatic nitrogens is 3. The molecule has 0 atom stereocenters. The average molecular weight is 401 g/mol. The van der Waals surface area contributed by atoms with Crippen molar-refractivity contribution in [3.63, 3.8) is 0 Å². The highest BCUT2D eigenvalue weighted by atomic mass is 32.2. The van der Waals surface area contributed by atoms with Crippen LogP contribution in [0.15, 0.2) is 52.2 Å². The van der Waals surface area contributed by atoms with E-state index in [0.717, 1.165) is 24.3 Å². The second-order valence-electron chi connectivity index (χ2n) is 6.56. The molecule has 2 heterocycles. The second kappa shape index (κ2) is 8.47. The lowest BCUT2D eigenvalue weighted by atomic mass is 10.3. The van der Waals surface area contributed by atoms with Crippen molar-refractivity contribution in [3.05, 3.63) is 60.1 Å². The SMILES string of the molecule is O=C(CSc1nnc(CNc2ccc(F)cc2)n1Cc1ccco1)NC1CC1. The molecule has 1 aromatic carbocycles. The van der Waals surface area contributed by atoms with E-state index in [1.165, 1.54) is 23.9 Å². The summed E-state index contributed by atoms with van der Waals surface area (Å²) in [6.45, 7) is 0.876. The van der Waals surface area contributed by atoms with Crippen molar-refractivity contribution in [2.24, 2.45) is 0 Å². The number of carbonyl (C=O) groups is 1. The molecule has 1 aliphatic carbocycles. The number of hydrogen-bond donors (Lipinski definition) is 2. The molecular formula is C19H20FN5O2S. The number of halogens is 1. The zero-order valence-electron chi connectivity index (χ0n) is 15.1. The van der Waals surface area contributed by atoms with Crippen molar-refractivity contribution in [1.29, 1.82) is 0 Å². The number of thioether (sulfide) groups is 1. The van der Waals surface area contributed by atoms with E-state index in [-0.39, 0.29) is 17.5 Å². The van der Waals surface area contributed by atoms with Crippen molar-refractivity contribution >= 4 is 23.4 Å². The fraction of sp³-hybridized carbons (Fsp3) is 0.316. The number of nitrogens with one attached hydrogen (secondary N) is 2. The highest BCUT2D eigenvalue weighted by molar-refractivity contribution is 7.99. The first kappa shape index (κ1) is 18.5. The largest absolute Gasteiger partial charge is 0.467 e. The molecule has 3 aromatic rings. The first-order chi connectivity index (χ1) is 13.7. The van der Waals surface area contributed by atoms with Crippen LogP contribution in [0.5, 0.6) is 0 Å². The zero-order chi connectivity index (χ0) is 19.3. The van der Waals surface area contributed by atoms with E-state index in [4.69, 9.17) is 4.42 Å². The van der Waals surface area contributed by atoms with E-state index < -0.39 is 0 Å². The zero-order valence-corrected chi connectivity index (χ0v) is 15.9. The maximum absolute atomic E-state index is 13.1. The third-order valence-electron chi connectivity index (χ3n) is 4.26. The summed E-state index contributed by atoms with van der Waals surface area (Å²) in [5.74, 6) is 1.48. The maximum Gasteiger partial charge on any atom is 0.230 e. The Labute approximate surface area is 165 Å². The van der Waals surface area contributed by atoms with E-state index in [1.54, 1.807) is 18.4 Å². The summed E-state index contributed by atoms with van der Waals surface area (Å²) in [6, 6.07) is 10.2. The quantitative estimate of drug-likeness (QED) is 0.536. The smallest absolute Gasteiger partial charge is 0.230 e. The minimum absolute atomic E-state index is 0.00559. The summed E-state index contributed by atoms with van der Waals surface area (Å²) in [7, 11) is 0. The Kier molecular flexibility index (Phi) is 5.61. The van der Waals surface area contributed by atoms with Crippen LogP contribution in [0.2, 0.25) is 0 Å². The van der Waals surface area contributed by atoms with E-state index in [2.05, 4.69) is 20.8 Å². The van der Waals surface area contributed by atoms with E-state index in [0.29, 0.717) is 30.1 Å². The normalized spacial score (nSPS) is 13.5. The third kappa shape index (κ3) is 4.92. The van der Waals surface area contributed by atoms with Gasteiger partial charge in [-0.2, -0.15) is 0 Å². The first-order valence-electron chi connectivity index (χ1n) is 9.03. The Balaban J connectivity index is 1.45. The Bertz CT molecular complexity index is 922. The lowest BCUT2D eigenvalue weighted by molar-refractivity contribution is -0.118. The predicted octanol–water partition coefficient (Wildman–Crippen LogP) is 3.04. The fourth-order valence-corrected chi connectivity index (χ4v) is 3.42. The van der Waals surface area contributed by atoms with Crippen LogP contribution in [0.3, 0.4) is 0 Å². The van der Waals surface area contributed by atoms with Gasteiger partial charge in [-0.15, -0.1) is 10.2 Å². The molecule has 0 bridgehead atoms. The van der Waals surface area contributed by atoms with Crippen LogP contribution in [0.4, 0.5) is 10.1 Å². The van der Waals surface area contributed by atoms with Crippen molar-refractivity contribution in [2.75, 3.05) is 11.1 Å². The number of benzene rings is 1. The summed E-state index contributed by atoms with van der Waals surface area (Å²) in [6.07, 6.45) is 3.74. The molecule has 4 rings (SSSR count). The molecule has 2 aromatic heterocycles. The van der Waals surface area contributed by atoms with Gasteiger partial charge in [0.05, 0.1) is 25.1 Å². The molecule has 0 saturated heterocycles. The Morgan fingerprint density at radius 1 is 1.25 bits per heavy atom. The number of amides is 1. The summed E-state index contributed by atoms with van der Waals surface area (Å²) < 4.78 is 20.4. The molecule has 1 amide bonds. The van der Waals surface area contributed by atoms with Crippen molar-refractivity contribution in [2.45, 2.75) is 37.1 Å². The topological polar surface area (TPSA) is 85.0 Å². The van der Waals surface area contributed by atoms with Crippen molar-refractivity contribution < 1.29 is 13.6 Å². The molecule has 1 saturated carbocycles. The monoisotopic (exact) mass is 401 g/mol. The van der Waals surface area contributed by atoms with E-state index in [1.807, 2.05) is 16.7 Å². The molecule has 0 aliphatic heterocycles. The molecule has 0 spiro atoms. The lowest BCUT2D eigenvalue weighted by Gasteiger charge is -2.10. The van der Waals surface area contributed by atoms with E-state index >= 15 is 0 Å². The van der Waals surface area contributed by atoms with Gasteiger partial charge in [0, 0.05) is 11.7 Å². The van der Waals surface area contributed by atoms with E-state index in [9.17, 15) is 9.18 Å². The van der Waals surface area contributed by atoms with Gasteiger partial charge < -0.3 is 15.1 Å². The first-order valence-corrected chi connectivity index (χ1v) is 10.0. The van der Waals surface area contributed by atoms with Crippen molar-refractivity contribution in [3.8, 4) is 0 Å². The Morgan fingerprint density at radius 3 is 2.79 bits per heavy atom. The molecule has 146 valence electrons. The fourth-order valence-electron chi connectivity index (χ4n) is 2.65. The van der Waals surface area contributed by atoms with Crippen LogP contribution < -0.4 is 10.6 Å². The summed E-state index contributed by atoms with van der Waals surface area (Å²) in [5.41, 5.74) is 0.784. The highest BCUT2D eigenvalue weighted by Crippen LogP contribution is 2.22. The number of rotatable bonds is 9. The van der Waals surface area contributed by atoms with Gasteiger partial charge >= 0.3 is 0 Å². The summed E-state index contributed by atoms with van der Waals surface area (Å²) in [4.78, 5) is 12.0. The van der Waals surface area contributed by atoms with Gasteiger partial charge in [0.25, 0.3) is 0 Å². The van der Waals surface area contributed by atoms with Gasteiger partial charge in [-0.25, -0.2) is 4.39 Å². The van der Waals surface area contributed by atoms with Crippen LogP contribution in [-0.2, 0) is 17.9 Å². The minimum Gasteiger partial charge on any atom is -0.467 e. The van der Waals surface area contributed by atoms with Gasteiger partial charge in [0.1, 0.15) is 11.6 Å². The molecule has 2 N–H and O–H groups in total. The van der Waals surface area contributed by atoms with Gasteiger partial charge in [0.2, 0.25) is 5.91 Å². The molecule has 28 heavy (non-hydrogen) atoms. The highest BCUT2D eigenvalue weighted by Gasteiger charge is 2.23. The summed E-state index contributed by atoms with van der Waals surface area (Å²) in [5, 5.41) is 15.3. The molecule has 7 nitrogen and oxygen atoms in total. The Morgan fingerprint density at radius 2 is 2.07 bits per heavy atom. The van der Waals surface area contributed by atoms with Gasteiger partial charge in [0.15, 0.2) is 11.0 Å². The van der Waals surface area contributed by atoms with Crippen molar-refractivity contribution in [1.82, 2.24) is 20.1 Å². The molecular weight excluding hydrogens is 381 g/mol.